The third kappa shape index (κ3) is 3.24. The number of nitrogens with zero attached hydrogens (tertiary/aromatic N) is 2. The van der Waals surface area contributed by atoms with Gasteiger partial charge in [-0.1, -0.05) is 6.07 Å². The van der Waals surface area contributed by atoms with E-state index in [1.807, 2.05) is 18.2 Å². The average Bonchev–Trinajstić information content (AvgIpc) is 2.47. The standard InChI is InChI=1S/C14H18N2O3/c1-18-14-3-2-11(6-12(14)7-15)8-16-4-5-19-10-13(16)9-17/h2-3,6,13,17H,4-5,8-10H2,1H3. The molecule has 2 rings (SSSR count). The van der Waals surface area contributed by atoms with Crippen LogP contribution in [0.3, 0.4) is 0 Å². The minimum atomic E-state index is 0.0291. The zero-order chi connectivity index (χ0) is 13.7. The van der Waals surface area contributed by atoms with Crippen molar-refractivity contribution in [1.82, 2.24) is 4.90 Å². The predicted octanol–water partition coefficient (Wildman–Crippen LogP) is 0.760. The van der Waals surface area contributed by atoms with Crippen LogP contribution in [-0.2, 0) is 11.3 Å². The molecule has 0 spiro atoms. The molecule has 1 saturated heterocycles. The second-order valence-corrected chi connectivity index (χ2v) is 4.53. The van der Waals surface area contributed by atoms with E-state index in [2.05, 4.69) is 11.0 Å². The highest BCUT2D eigenvalue weighted by Crippen LogP contribution is 2.20. The van der Waals surface area contributed by atoms with E-state index in [0.717, 1.165) is 12.1 Å². The number of hydrogen-bond donors (Lipinski definition) is 1. The lowest BCUT2D eigenvalue weighted by molar-refractivity contribution is -0.0312. The van der Waals surface area contributed by atoms with Crippen molar-refractivity contribution in [3.05, 3.63) is 29.3 Å². The van der Waals surface area contributed by atoms with Crippen molar-refractivity contribution in [3.8, 4) is 11.8 Å². The first-order valence-electron chi connectivity index (χ1n) is 6.28. The molecule has 1 aliphatic rings. The maximum absolute atomic E-state index is 9.33. The third-order valence-electron chi connectivity index (χ3n) is 3.33. The maximum atomic E-state index is 9.33. The van der Waals surface area contributed by atoms with Gasteiger partial charge in [0.2, 0.25) is 0 Å². The first-order valence-corrected chi connectivity index (χ1v) is 6.28. The molecular weight excluding hydrogens is 244 g/mol. The van der Waals surface area contributed by atoms with Crippen LogP contribution in [0.5, 0.6) is 5.75 Å². The summed E-state index contributed by atoms with van der Waals surface area (Å²) in [6.07, 6.45) is 0. The fraction of sp³-hybridized carbons (Fsp3) is 0.500. The lowest BCUT2D eigenvalue weighted by Gasteiger charge is -2.34. The molecule has 19 heavy (non-hydrogen) atoms. The lowest BCUT2D eigenvalue weighted by Crippen LogP contribution is -2.46. The molecule has 1 aromatic carbocycles. The van der Waals surface area contributed by atoms with Crippen molar-refractivity contribution in [3.63, 3.8) is 0 Å². The normalized spacial score (nSPS) is 19.9. The summed E-state index contributed by atoms with van der Waals surface area (Å²) >= 11 is 0. The molecule has 0 saturated carbocycles. The van der Waals surface area contributed by atoms with Gasteiger partial charge in [-0.15, -0.1) is 0 Å². The molecular formula is C14H18N2O3. The van der Waals surface area contributed by atoms with E-state index in [4.69, 9.17) is 14.7 Å². The van der Waals surface area contributed by atoms with Gasteiger partial charge in [-0.2, -0.15) is 5.26 Å². The summed E-state index contributed by atoms with van der Waals surface area (Å²) in [5.41, 5.74) is 1.58. The van der Waals surface area contributed by atoms with Crippen LogP contribution in [0.15, 0.2) is 18.2 Å². The molecule has 1 aliphatic heterocycles. The Morgan fingerprint density at radius 3 is 3.11 bits per heavy atom. The summed E-state index contributed by atoms with van der Waals surface area (Å²) in [7, 11) is 1.56. The second-order valence-electron chi connectivity index (χ2n) is 4.53. The highest BCUT2D eigenvalue weighted by Gasteiger charge is 2.22. The van der Waals surface area contributed by atoms with Gasteiger partial charge in [0.1, 0.15) is 11.8 Å². The highest BCUT2D eigenvalue weighted by molar-refractivity contribution is 5.45. The van der Waals surface area contributed by atoms with Gasteiger partial charge < -0.3 is 14.6 Å². The quantitative estimate of drug-likeness (QED) is 0.867. The van der Waals surface area contributed by atoms with E-state index in [1.54, 1.807) is 7.11 Å². The zero-order valence-electron chi connectivity index (χ0n) is 11.0. The van der Waals surface area contributed by atoms with Crippen LogP contribution < -0.4 is 4.74 Å². The summed E-state index contributed by atoms with van der Waals surface area (Å²) in [6, 6.07) is 7.75. The monoisotopic (exact) mass is 262 g/mol. The number of hydrogen-bond acceptors (Lipinski definition) is 5. The molecule has 1 unspecified atom stereocenters. The van der Waals surface area contributed by atoms with Crippen LogP contribution in [0.2, 0.25) is 0 Å². The Hall–Kier alpha value is -1.61. The van der Waals surface area contributed by atoms with Gasteiger partial charge >= 0.3 is 0 Å². The summed E-state index contributed by atoms with van der Waals surface area (Å²) < 4.78 is 10.5. The van der Waals surface area contributed by atoms with Crippen molar-refractivity contribution in [2.75, 3.05) is 33.5 Å². The molecule has 5 heteroatoms. The topological polar surface area (TPSA) is 65.7 Å². The van der Waals surface area contributed by atoms with Gasteiger partial charge in [-0.05, 0) is 17.7 Å². The maximum Gasteiger partial charge on any atom is 0.136 e. The lowest BCUT2D eigenvalue weighted by atomic mass is 10.1. The van der Waals surface area contributed by atoms with E-state index in [1.165, 1.54) is 0 Å². The number of methoxy groups -OCH3 is 1. The first kappa shape index (κ1) is 13.8. The molecule has 102 valence electrons. The van der Waals surface area contributed by atoms with Crippen molar-refractivity contribution >= 4 is 0 Å². The molecule has 0 amide bonds. The molecule has 1 fully saturated rings. The van der Waals surface area contributed by atoms with Crippen LogP contribution in [-0.4, -0.2) is 49.5 Å². The molecule has 5 nitrogen and oxygen atoms in total. The Bertz CT molecular complexity index is 470. The van der Waals surface area contributed by atoms with Gasteiger partial charge in [0, 0.05) is 13.1 Å². The van der Waals surface area contributed by atoms with Crippen molar-refractivity contribution in [2.45, 2.75) is 12.6 Å². The Kier molecular flexibility index (Phi) is 4.74. The predicted molar refractivity (Wildman–Crippen MR) is 69.8 cm³/mol. The summed E-state index contributed by atoms with van der Waals surface area (Å²) in [6.45, 7) is 2.81. The van der Waals surface area contributed by atoms with Gasteiger partial charge in [-0.3, -0.25) is 4.90 Å². The molecule has 0 bridgehead atoms. The van der Waals surface area contributed by atoms with Gasteiger partial charge in [0.05, 0.1) is 38.5 Å². The van der Waals surface area contributed by atoms with Crippen LogP contribution in [0, 0.1) is 11.3 Å². The first-order chi connectivity index (χ1) is 9.28. The van der Waals surface area contributed by atoms with Crippen LogP contribution >= 0.6 is 0 Å². The van der Waals surface area contributed by atoms with E-state index in [9.17, 15) is 5.11 Å². The fourth-order valence-corrected chi connectivity index (χ4v) is 2.24. The Morgan fingerprint density at radius 1 is 1.58 bits per heavy atom. The van der Waals surface area contributed by atoms with E-state index in [-0.39, 0.29) is 12.6 Å². The molecule has 1 aromatic rings. The minimum absolute atomic E-state index is 0.0291. The minimum Gasteiger partial charge on any atom is -0.495 e. The van der Waals surface area contributed by atoms with Gasteiger partial charge in [-0.25, -0.2) is 0 Å². The second kappa shape index (κ2) is 6.53. The van der Waals surface area contributed by atoms with Crippen molar-refractivity contribution < 1.29 is 14.6 Å². The SMILES string of the molecule is COc1ccc(CN2CCOCC2CO)cc1C#N. The number of benzene rings is 1. The number of aliphatic hydroxyl groups is 1. The highest BCUT2D eigenvalue weighted by atomic mass is 16.5. The Balaban J connectivity index is 2.12. The molecule has 1 N–H and O–H groups in total. The van der Waals surface area contributed by atoms with Crippen LogP contribution in [0.1, 0.15) is 11.1 Å². The summed E-state index contributed by atoms with van der Waals surface area (Å²) in [5, 5.41) is 18.4. The van der Waals surface area contributed by atoms with Gasteiger partial charge in [0.15, 0.2) is 0 Å². The van der Waals surface area contributed by atoms with Crippen LogP contribution in [0.25, 0.3) is 0 Å². The smallest absolute Gasteiger partial charge is 0.136 e. The zero-order valence-corrected chi connectivity index (χ0v) is 11.0. The average molecular weight is 262 g/mol. The number of nitriles is 1. The van der Waals surface area contributed by atoms with E-state index < -0.39 is 0 Å². The Labute approximate surface area is 113 Å². The number of rotatable bonds is 4. The third-order valence-corrected chi connectivity index (χ3v) is 3.33. The molecule has 0 radical (unpaired) electrons. The van der Waals surface area contributed by atoms with Crippen molar-refractivity contribution in [1.29, 1.82) is 5.26 Å². The fourth-order valence-electron chi connectivity index (χ4n) is 2.24. The van der Waals surface area contributed by atoms with E-state index >= 15 is 0 Å². The molecule has 0 aliphatic carbocycles. The molecule has 1 atom stereocenters. The Morgan fingerprint density at radius 2 is 2.42 bits per heavy atom. The molecule has 0 aromatic heterocycles. The number of morpholine rings is 1. The number of aliphatic hydroxyl groups excluding tert-OH is 1. The van der Waals surface area contributed by atoms with E-state index in [0.29, 0.717) is 31.1 Å². The number of ether oxygens (including phenoxy) is 2. The molecule has 1 heterocycles. The summed E-state index contributed by atoms with van der Waals surface area (Å²) in [5.74, 6) is 0.590. The largest absolute Gasteiger partial charge is 0.495 e. The van der Waals surface area contributed by atoms with Gasteiger partial charge in [0.25, 0.3) is 0 Å². The summed E-state index contributed by atoms with van der Waals surface area (Å²) in [4.78, 5) is 2.17. The van der Waals surface area contributed by atoms with Crippen molar-refractivity contribution in [2.24, 2.45) is 0 Å². The van der Waals surface area contributed by atoms with Crippen LogP contribution in [0.4, 0.5) is 0 Å².